The Hall–Kier alpha value is -1.18. The van der Waals surface area contributed by atoms with Crippen molar-refractivity contribution in [2.24, 2.45) is 29.6 Å². The predicted octanol–water partition coefficient (Wildman–Crippen LogP) is 11.2. The van der Waals surface area contributed by atoms with E-state index < -0.39 is 34.8 Å². The molecule has 0 heterocycles. The lowest BCUT2D eigenvalue weighted by molar-refractivity contribution is -0.101. The van der Waals surface area contributed by atoms with Crippen LogP contribution in [-0.2, 0) is 0 Å². The Bertz CT molecular complexity index is 905. The molecule has 4 rings (SSSR count). The second-order valence-electron chi connectivity index (χ2n) is 12.6. The van der Waals surface area contributed by atoms with E-state index in [9.17, 15) is 22.0 Å². The lowest BCUT2D eigenvalue weighted by Gasteiger charge is -2.40. The molecular weight excluding hydrogens is 557 g/mol. The van der Waals surface area contributed by atoms with Crippen LogP contribution in [0.5, 0.6) is 5.75 Å². The van der Waals surface area contributed by atoms with Crippen molar-refractivity contribution in [3.05, 3.63) is 29.3 Å². The number of ether oxygens (including phenoxy) is 1. The van der Waals surface area contributed by atoms with Crippen LogP contribution in [-0.4, -0.2) is 18.2 Å². The van der Waals surface area contributed by atoms with Crippen molar-refractivity contribution in [3.63, 3.8) is 0 Å². The molecule has 1 aromatic carbocycles. The molecule has 0 bridgehead atoms. The number of halogens is 8. The number of unbranched alkanes of at least 4 members (excludes halogenated alkanes) is 1. The Kier molecular flexibility index (Phi) is 11.0. The van der Waals surface area contributed by atoms with Crippen molar-refractivity contribution < 1.29 is 35.5 Å². The van der Waals surface area contributed by atoms with E-state index in [4.69, 9.17) is 0 Å². The smallest absolute Gasteiger partial charge is 0.414 e. The van der Waals surface area contributed by atoms with Gasteiger partial charge >= 0.3 is 5.57 Å². The number of hydrogen-bond acceptors (Lipinski definition) is 1. The van der Waals surface area contributed by atoms with Crippen LogP contribution in [0, 0.1) is 41.2 Å². The lowest BCUT2D eigenvalue weighted by Crippen LogP contribution is -2.35. The van der Waals surface area contributed by atoms with Crippen LogP contribution in [0.3, 0.4) is 0 Å². The molecule has 3 saturated carbocycles. The van der Waals surface area contributed by atoms with Gasteiger partial charge in [0.15, 0.2) is 17.4 Å². The van der Waals surface area contributed by atoms with Crippen LogP contribution in [0.2, 0.25) is 0 Å². The summed E-state index contributed by atoms with van der Waals surface area (Å²) in [6.45, 7) is -0.298. The molecule has 9 heteroatoms. The number of alkyl halides is 6. The first-order chi connectivity index (χ1) is 18.9. The summed E-state index contributed by atoms with van der Waals surface area (Å²) >= 11 is 4.65. The van der Waals surface area contributed by atoms with Gasteiger partial charge in [-0.15, -0.1) is 8.78 Å². The molecule has 228 valence electrons. The van der Waals surface area contributed by atoms with E-state index in [0.29, 0.717) is 42.6 Å². The van der Waals surface area contributed by atoms with Crippen molar-refractivity contribution >= 4 is 11.6 Å². The monoisotopic (exact) mass is 598 g/mol. The third-order valence-corrected chi connectivity index (χ3v) is 10.1. The Labute approximate surface area is 238 Å². The zero-order valence-corrected chi connectivity index (χ0v) is 23.8. The lowest BCUT2D eigenvalue weighted by atomic mass is 9.67. The van der Waals surface area contributed by atoms with E-state index in [2.05, 4.69) is 16.3 Å². The van der Waals surface area contributed by atoms with Crippen LogP contribution in [0.15, 0.2) is 12.1 Å². The van der Waals surface area contributed by atoms with Gasteiger partial charge in [0, 0.05) is 23.9 Å². The summed E-state index contributed by atoms with van der Waals surface area (Å²) in [6.07, 6.45) is 12.0. The van der Waals surface area contributed by atoms with E-state index >= 15 is 8.78 Å². The van der Waals surface area contributed by atoms with Gasteiger partial charge in [-0.1, -0.05) is 12.8 Å². The maximum Gasteiger partial charge on any atom is 0.487 e. The topological polar surface area (TPSA) is 9.23 Å². The van der Waals surface area contributed by atoms with Gasteiger partial charge in [0.25, 0.3) is 5.92 Å². The first-order valence-electron chi connectivity index (χ1n) is 15.1. The maximum absolute atomic E-state index is 15.2. The van der Waals surface area contributed by atoms with E-state index in [-0.39, 0.29) is 24.9 Å². The average molecular weight is 599 g/mol. The maximum atomic E-state index is 15.2. The van der Waals surface area contributed by atoms with Crippen molar-refractivity contribution in [2.75, 3.05) is 6.67 Å². The van der Waals surface area contributed by atoms with E-state index in [0.717, 1.165) is 89.2 Å². The van der Waals surface area contributed by atoms with Crippen molar-refractivity contribution in [2.45, 2.75) is 120 Å². The highest BCUT2D eigenvalue weighted by atomic mass is 35.5. The number of hydrogen-bond donors (Lipinski definition) is 0. The molecule has 40 heavy (non-hydrogen) atoms. The summed E-state index contributed by atoms with van der Waals surface area (Å²) in [5, 5.41) is 0. The average Bonchev–Trinajstić information content (AvgIpc) is 2.91. The summed E-state index contributed by atoms with van der Waals surface area (Å²) in [4.78, 5) is 0. The van der Waals surface area contributed by atoms with Crippen molar-refractivity contribution in [1.29, 1.82) is 0 Å². The Morgan fingerprint density at radius 3 is 1.77 bits per heavy atom. The molecule has 0 saturated heterocycles. The minimum atomic E-state index is -4.20. The number of benzene rings is 1. The molecule has 0 atom stereocenters. The Balaban J connectivity index is 1.20. The molecule has 0 unspecified atom stereocenters. The van der Waals surface area contributed by atoms with E-state index in [1.54, 1.807) is 0 Å². The SMILES string of the molecule is FCCCCC1CCC(C(F)(F)CC2CCC(C3CCC(c4cc(F)c(OC(F)(F)Cl)c(F)c4)CC3)CC2)CC1. The fraction of sp³-hybridized carbons (Fsp3) is 0.806. The summed E-state index contributed by atoms with van der Waals surface area (Å²) in [7, 11) is 0. The van der Waals surface area contributed by atoms with Gasteiger partial charge in [0.2, 0.25) is 0 Å². The van der Waals surface area contributed by atoms with Crippen LogP contribution in [0.4, 0.5) is 30.7 Å². The normalized spacial score (nSPS) is 30.3. The molecule has 0 aliphatic heterocycles. The second-order valence-corrected chi connectivity index (χ2v) is 13.1. The quantitative estimate of drug-likeness (QED) is 0.140. The van der Waals surface area contributed by atoms with Crippen LogP contribution >= 0.6 is 11.6 Å². The van der Waals surface area contributed by atoms with E-state index in [1.165, 1.54) is 0 Å². The minimum absolute atomic E-state index is 0.0177. The van der Waals surface area contributed by atoms with Gasteiger partial charge in [-0.05, 0) is 131 Å². The molecule has 0 N–H and O–H groups in total. The molecule has 3 aliphatic carbocycles. The molecule has 0 amide bonds. The zero-order valence-electron chi connectivity index (χ0n) is 23.1. The van der Waals surface area contributed by atoms with Crippen molar-refractivity contribution in [1.82, 2.24) is 0 Å². The number of rotatable bonds is 11. The molecule has 3 aliphatic rings. The molecule has 0 aromatic heterocycles. The molecule has 0 spiro atoms. The molecule has 1 aromatic rings. The largest absolute Gasteiger partial charge is 0.487 e. The third kappa shape index (κ3) is 8.67. The minimum Gasteiger partial charge on any atom is -0.414 e. The summed E-state index contributed by atoms with van der Waals surface area (Å²) in [5.74, 6) is -5.32. The molecule has 1 nitrogen and oxygen atoms in total. The van der Waals surface area contributed by atoms with Gasteiger partial charge in [-0.25, -0.2) is 17.6 Å². The molecular formula is C31H42ClF7O. The summed E-state index contributed by atoms with van der Waals surface area (Å²) < 4.78 is 101. The fourth-order valence-corrected chi connectivity index (χ4v) is 7.85. The van der Waals surface area contributed by atoms with Gasteiger partial charge < -0.3 is 4.74 Å². The summed E-state index contributed by atoms with van der Waals surface area (Å²) in [6, 6.07) is 2.10. The second kappa shape index (κ2) is 13.9. The Morgan fingerprint density at radius 2 is 1.25 bits per heavy atom. The van der Waals surface area contributed by atoms with Crippen LogP contribution in [0.1, 0.15) is 114 Å². The van der Waals surface area contributed by atoms with Crippen LogP contribution < -0.4 is 4.74 Å². The molecule has 3 fully saturated rings. The fourth-order valence-electron chi connectivity index (χ4n) is 7.77. The first-order valence-corrected chi connectivity index (χ1v) is 15.5. The Morgan fingerprint density at radius 1 is 0.725 bits per heavy atom. The van der Waals surface area contributed by atoms with Gasteiger partial charge in [0.1, 0.15) is 0 Å². The predicted molar refractivity (Wildman–Crippen MR) is 143 cm³/mol. The summed E-state index contributed by atoms with van der Waals surface area (Å²) in [5.41, 5.74) is -3.77. The zero-order chi connectivity index (χ0) is 28.9. The molecule has 0 radical (unpaired) electrons. The highest BCUT2D eigenvalue weighted by Gasteiger charge is 2.44. The third-order valence-electron chi connectivity index (χ3n) is 10.0. The highest BCUT2D eigenvalue weighted by Crippen LogP contribution is 2.48. The van der Waals surface area contributed by atoms with Gasteiger partial charge in [-0.3, -0.25) is 4.39 Å². The van der Waals surface area contributed by atoms with Crippen LogP contribution in [0.25, 0.3) is 0 Å². The first kappa shape index (κ1) is 31.7. The van der Waals surface area contributed by atoms with Gasteiger partial charge in [-0.2, -0.15) is 0 Å². The van der Waals surface area contributed by atoms with Crippen molar-refractivity contribution in [3.8, 4) is 5.75 Å². The highest BCUT2D eigenvalue weighted by molar-refractivity contribution is 6.20. The van der Waals surface area contributed by atoms with Gasteiger partial charge in [0.05, 0.1) is 6.67 Å². The standard InChI is InChI=1S/C31H42ClF7O/c32-31(38,39)40-29-27(34)17-25(18-28(29)35)24-12-10-23(11-13-24)22-8-4-21(5-9-22)19-30(36,37)26-14-6-20(7-15-26)3-1-2-16-33/h17-18,20-24,26H,1-16,19H2. The van der Waals surface area contributed by atoms with E-state index in [1.807, 2.05) is 0 Å².